The van der Waals surface area contributed by atoms with Crippen LogP contribution in [0.4, 0.5) is 4.39 Å². The monoisotopic (exact) mass is 156 g/mol. The molecule has 1 aromatic heterocycles. The minimum atomic E-state index is -0.666. The van der Waals surface area contributed by atoms with E-state index in [9.17, 15) is 4.39 Å². The van der Waals surface area contributed by atoms with Crippen molar-refractivity contribution in [3.8, 4) is 6.07 Å². The van der Waals surface area contributed by atoms with Crippen molar-refractivity contribution in [1.29, 1.82) is 5.26 Å². The van der Waals surface area contributed by atoms with Crippen LogP contribution in [0.15, 0.2) is 12.3 Å². The third-order valence-corrected chi connectivity index (χ3v) is 1.20. The summed E-state index contributed by atoms with van der Waals surface area (Å²) in [5, 5.41) is 8.04. The van der Waals surface area contributed by atoms with Crippen molar-refractivity contribution >= 4 is 11.6 Å². The molecule has 0 aromatic carbocycles. The highest BCUT2D eigenvalue weighted by atomic mass is 35.5. The van der Waals surface area contributed by atoms with E-state index in [0.717, 1.165) is 6.07 Å². The van der Waals surface area contributed by atoms with Gasteiger partial charge in [0.2, 0.25) is 0 Å². The summed E-state index contributed by atoms with van der Waals surface area (Å²) in [5.41, 5.74) is 0.168. The summed E-state index contributed by atoms with van der Waals surface area (Å²) in [5.74, 6) is -0.666. The minimum Gasteiger partial charge on any atom is -0.240 e. The second-order valence-electron chi connectivity index (χ2n) is 1.61. The summed E-state index contributed by atoms with van der Waals surface area (Å²) in [6, 6.07) is 2.77. The maximum absolute atomic E-state index is 12.4. The fourth-order valence-electron chi connectivity index (χ4n) is 0.482. The van der Waals surface area contributed by atoms with Crippen molar-refractivity contribution in [2.45, 2.75) is 0 Å². The Bertz CT molecular complexity index is 292. The molecule has 0 radical (unpaired) electrons. The van der Waals surface area contributed by atoms with Crippen molar-refractivity contribution in [3.63, 3.8) is 0 Å². The summed E-state index contributed by atoms with van der Waals surface area (Å²) in [6.07, 6.45) is 1.21. The molecule has 2 nitrogen and oxygen atoms in total. The lowest BCUT2D eigenvalue weighted by molar-refractivity contribution is 0.621. The van der Waals surface area contributed by atoms with Crippen LogP contribution in [-0.2, 0) is 0 Å². The zero-order chi connectivity index (χ0) is 7.56. The van der Waals surface area contributed by atoms with Crippen LogP contribution in [0.3, 0.4) is 0 Å². The van der Waals surface area contributed by atoms with E-state index in [1.54, 1.807) is 6.07 Å². The number of hydrogen-bond acceptors (Lipinski definition) is 2. The summed E-state index contributed by atoms with van der Waals surface area (Å²) in [7, 11) is 0. The highest BCUT2D eigenvalue weighted by Gasteiger charge is 2.00. The zero-order valence-corrected chi connectivity index (χ0v) is 5.56. The van der Waals surface area contributed by atoms with Crippen molar-refractivity contribution in [2.75, 3.05) is 0 Å². The van der Waals surface area contributed by atoms with Gasteiger partial charge in [-0.25, -0.2) is 9.37 Å². The molecule has 10 heavy (non-hydrogen) atoms. The standard InChI is InChI=1S/C6H2ClFN2/c7-6-5(8)1-4(2-9)3-10-6/h1,3H. The highest BCUT2D eigenvalue weighted by molar-refractivity contribution is 6.29. The second-order valence-corrected chi connectivity index (χ2v) is 1.97. The number of nitrogens with zero attached hydrogens (tertiary/aromatic N) is 2. The van der Waals surface area contributed by atoms with Crippen molar-refractivity contribution in [2.24, 2.45) is 0 Å². The van der Waals surface area contributed by atoms with Crippen molar-refractivity contribution < 1.29 is 4.39 Å². The van der Waals surface area contributed by atoms with Crippen LogP contribution < -0.4 is 0 Å². The Morgan fingerprint density at radius 3 is 2.90 bits per heavy atom. The van der Waals surface area contributed by atoms with Gasteiger partial charge in [-0.2, -0.15) is 5.26 Å². The summed E-state index contributed by atoms with van der Waals surface area (Å²) in [6.45, 7) is 0. The van der Waals surface area contributed by atoms with Crippen LogP contribution in [0.25, 0.3) is 0 Å². The van der Waals surface area contributed by atoms with Crippen molar-refractivity contribution in [1.82, 2.24) is 4.98 Å². The lowest BCUT2D eigenvalue weighted by Crippen LogP contribution is -1.83. The molecule has 0 amide bonds. The molecule has 0 bridgehead atoms. The van der Waals surface area contributed by atoms with E-state index in [-0.39, 0.29) is 10.7 Å². The van der Waals surface area contributed by atoms with Crippen LogP contribution in [-0.4, -0.2) is 4.98 Å². The van der Waals surface area contributed by atoms with Gasteiger partial charge in [-0.3, -0.25) is 0 Å². The first-order valence-electron chi connectivity index (χ1n) is 2.45. The Morgan fingerprint density at radius 2 is 2.40 bits per heavy atom. The Morgan fingerprint density at radius 1 is 1.70 bits per heavy atom. The molecular formula is C6H2ClFN2. The van der Waals surface area contributed by atoms with E-state index < -0.39 is 5.82 Å². The molecule has 0 saturated carbocycles. The van der Waals surface area contributed by atoms with Crippen LogP contribution in [0, 0.1) is 17.1 Å². The number of hydrogen-bond donors (Lipinski definition) is 0. The average molecular weight is 157 g/mol. The van der Waals surface area contributed by atoms with Gasteiger partial charge >= 0.3 is 0 Å². The fourth-order valence-corrected chi connectivity index (χ4v) is 0.586. The van der Waals surface area contributed by atoms with Crippen LogP contribution in [0.2, 0.25) is 5.15 Å². The first-order valence-corrected chi connectivity index (χ1v) is 2.83. The van der Waals surface area contributed by atoms with Gasteiger partial charge in [-0.1, -0.05) is 11.6 Å². The summed E-state index contributed by atoms with van der Waals surface area (Å²) >= 11 is 5.24. The third-order valence-electron chi connectivity index (χ3n) is 0.925. The Labute approximate surface area is 61.9 Å². The van der Waals surface area contributed by atoms with Crippen molar-refractivity contribution in [3.05, 3.63) is 28.8 Å². The molecule has 0 N–H and O–H groups in total. The zero-order valence-electron chi connectivity index (χ0n) is 4.81. The number of halogens is 2. The van der Waals surface area contributed by atoms with Gasteiger partial charge in [0.15, 0.2) is 11.0 Å². The Kier molecular flexibility index (Phi) is 1.83. The van der Waals surface area contributed by atoms with E-state index in [0.29, 0.717) is 0 Å². The summed E-state index contributed by atoms with van der Waals surface area (Å²) < 4.78 is 12.4. The molecule has 0 aliphatic carbocycles. The van der Waals surface area contributed by atoms with Gasteiger partial charge in [-0.15, -0.1) is 0 Å². The molecule has 1 aromatic rings. The quantitative estimate of drug-likeness (QED) is 0.537. The predicted octanol–water partition coefficient (Wildman–Crippen LogP) is 1.75. The lowest BCUT2D eigenvalue weighted by atomic mass is 10.3. The van der Waals surface area contributed by atoms with Crippen LogP contribution >= 0.6 is 11.6 Å². The van der Waals surface area contributed by atoms with E-state index in [1.165, 1.54) is 6.20 Å². The maximum atomic E-state index is 12.4. The van der Waals surface area contributed by atoms with Gasteiger partial charge in [-0.05, 0) is 6.07 Å². The molecule has 0 aliphatic heterocycles. The molecule has 4 heteroatoms. The van der Waals surface area contributed by atoms with Gasteiger partial charge in [0.25, 0.3) is 0 Å². The molecule has 1 rings (SSSR count). The minimum absolute atomic E-state index is 0.168. The second kappa shape index (κ2) is 2.63. The SMILES string of the molecule is N#Cc1cnc(Cl)c(F)c1. The molecule has 1 heterocycles. The summed E-state index contributed by atoms with van der Waals surface area (Å²) in [4.78, 5) is 3.42. The topological polar surface area (TPSA) is 36.7 Å². The fraction of sp³-hybridized carbons (Fsp3) is 0. The van der Waals surface area contributed by atoms with Crippen LogP contribution in [0.1, 0.15) is 5.56 Å². The average Bonchev–Trinajstić information content (AvgIpc) is 1.95. The molecule has 0 saturated heterocycles. The number of pyridine rings is 1. The first-order chi connectivity index (χ1) is 4.74. The number of aromatic nitrogens is 1. The smallest absolute Gasteiger partial charge is 0.164 e. The van der Waals surface area contributed by atoms with E-state index in [1.807, 2.05) is 0 Å². The van der Waals surface area contributed by atoms with E-state index >= 15 is 0 Å². The molecule has 0 atom stereocenters. The van der Waals surface area contributed by atoms with Gasteiger partial charge in [0, 0.05) is 6.20 Å². The molecular weight excluding hydrogens is 155 g/mol. The van der Waals surface area contributed by atoms with Gasteiger partial charge in [0.1, 0.15) is 6.07 Å². The van der Waals surface area contributed by atoms with E-state index in [2.05, 4.69) is 4.98 Å². The predicted molar refractivity (Wildman–Crippen MR) is 33.9 cm³/mol. The van der Waals surface area contributed by atoms with Gasteiger partial charge in [0.05, 0.1) is 5.56 Å². The third kappa shape index (κ3) is 1.23. The normalized spacial score (nSPS) is 8.90. The van der Waals surface area contributed by atoms with Gasteiger partial charge < -0.3 is 0 Å². The maximum Gasteiger partial charge on any atom is 0.164 e. The molecule has 0 unspecified atom stereocenters. The molecule has 0 aliphatic rings. The number of nitriles is 1. The van der Waals surface area contributed by atoms with Crippen LogP contribution in [0.5, 0.6) is 0 Å². The largest absolute Gasteiger partial charge is 0.240 e. The first kappa shape index (κ1) is 6.97. The van der Waals surface area contributed by atoms with E-state index in [4.69, 9.17) is 16.9 Å². The lowest BCUT2D eigenvalue weighted by Gasteiger charge is -1.90. The Hall–Kier alpha value is -1.14. The Balaban J connectivity index is 3.20. The molecule has 0 spiro atoms. The molecule has 0 fully saturated rings. The molecule has 50 valence electrons. The highest BCUT2D eigenvalue weighted by Crippen LogP contribution is 2.10. The number of rotatable bonds is 0.